The molecule has 10 heteroatoms. The number of hydrogen-bond acceptors (Lipinski definition) is 8. The molecule has 24 heavy (non-hydrogen) atoms. The molecule has 0 saturated carbocycles. The zero-order chi connectivity index (χ0) is 16.8. The molecule has 1 aromatic carbocycles. The fourth-order valence-corrected chi connectivity index (χ4v) is 3.63. The van der Waals surface area contributed by atoms with E-state index in [-0.39, 0.29) is 5.82 Å². The van der Waals surface area contributed by atoms with Crippen molar-refractivity contribution < 1.29 is 4.39 Å². The van der Waals surface area contributed by atoms with Gasteiger partial charge in [-0.3, -0.25) is 0 Å². The highest BCUT2D eigenvalue weighted by Crippen LogP contribution is 2.30. The molecule has 2 heterocycles. The van der Waals surface area contributed by atoms with Gasteiger partial charge in [-0.15, -0.1) is 15.3 Å². The summed E-state index contributed by atoms with van der Waals surface area (Å²) in [7, 11) is 0. The van der Waals surface area contributed by atoms with Crippen LogP contribution in [-0.4, -0.2) is 30.4 Å². The van der Waals surface area contributed by atoms with Crippen LogP contribution in [0.3, 0.4) is 0 Å². The number of nitrogens with zero attached hydrogens (tertiary/aromatic N) is 6. The summed E-state index contributed by atoms with van der Waals surface area (Å²) in [5, 5.41) is 23.4. The minimum Gasteiger partial charge on any atom is -0.328 e. The zero-order valence-electron chi connectivity index (χ0n) is 13.0. The van der Waals surface area contributed by atoms with Crippen LogP contribution in [0, 0.1) is 5.82 Å². The number of aryl methyl sites for hydroxylation is 1. The number of hydrogen-bond donors (Lipinski definition) is 1. The van der Waals surface area contributed by atoms with E-state index >= 15 is 0 Å². The van der Waals surface area contributed by atoms with E-state index in [1.165, 1.54) is 29.2 Å². The molecular weight excluding hydrogens is 349 g/mol. The third-order valence-corrected chi connectivity index (χ3v) is 5.14. The highest BCUT2D eigenvalue weighted by atomic mass is 32.2. The van der Waals surface area contributed by atoms with E-state index in [4.69, 9.17) is 0 Å². The number of thioether (sulfide) groups is 1. The van der Waals surface area contributed by atoms with Crippen LogP contribution in [0.4, 0.5) is 15.2 Å². The lowest BCUT2D eigenvalue weighted by Gasteiger charge is -2.02. The van der Waals surface area contributed by atoms with Crippen LogP contribution >= 0.6 is 23.1 Å². The summed E-state index contributed by atoms with van der Waals surface area (Å²) in [6, 6.07) is 6.46. The minimum absolute atomic E-state index is 0.322. The Morgan fingerprint density at radius 2 is 2.12 bits per heavy atom. The Morgan fingerprint density at radius 3 is 2.96 bits per heavy atom. The Labute approximate surface area is 146 Å². The summed E-state index contributed by atoms with van der Waals surface area (Å²) in [6.07, 6.45) is 2.13. The summed E-state index contributed by atoms with van der Waals surface area (Å²) in [6.45, 7) is 2.94. The van der Waals surface area contributed by atoms with Gasteiger partial charge >= 0.3 is 0 Å². The molecule has 0 radical (unpaired) electrons. The molecule has 0 unspecified atom stereocenters. The number of halogens is 1. The molecule has 0 bridgehead atoms. The SMILES string of the molecule is CCCCn1nnnc1CSc1nnc(Nc2ccccc2F)s1. The van der Waals surface area contributed by atoms with Gasteiger partial charge in [-0.1, -0.05) is 48.6 Å². The lowest BCUT2D eigenvalue weighted by Crippen LogP contribution is -2.04. The van der Waals surface area contributed by atoms with Crippen molar-refractivity contribution in [1.29, 1.82) is 0 Å². The molecule has 0 aliphatic heterocycles. The van der Waals surface area contributed by atoms with E-state index in [0.717, 1.165) is 29.6 Å². The molecule has 0 spiro atoms. The topological polar surface area (TPSA) is 81.4 Å². The largest absolute Gasteiger partial charge is 0.328 e. The van der Waals surface area contributed by atoms with Crippen LogP contribution in [-0.2, 0) is 12.3 Å². The van der Waals surface area contributed by atoms with E-state index in [9.17, 15) is 4.39 Å². The normalized spacial score (nSPS) is 10.9. The number of rotatable bonds is 8. The van der Waals surface area contributed by atoms with Crippen molar-refractivity contribution in [2.24, 2.45) is 0 Å². The molecule has 126 valence electrons. The summed E-state index contributed by atoms with van der Waals surface area (Å²) in [5.41, 5.74) is 0.383. The van der Waals surface area contributed by atoms with Gasteiger partial charge in [-0.25, -0.2) is 9.07 Å². The van der Waals surface area contributed by atoms with Crippen LogP contribution in [0.15, 0.2) is 28.6 Å². The summed E-state index contributed by atoms with van der Waals surface area (Å²) < 4.78 is 16.2. The van der Waals surface area contributed by atoms with E-state index < -0.39 is 0 Å². The monoisotopic (exact) mass is 365 g/mol. The average Bonchev–Trinajstić information content (AvgIpc) is 3.22. The van der Waals surface area contributed by atoms with Crippen LogP contribution in [0.5, 0.6) is 0 Å². The highest BCUT2D eigenvalue weighted by molar-refractivity contribution is 8.00. The van der Waals surface area contributed by atoms with Gasteiger partial charge in [-0.2, -0.15) is 0 Å². The van der Waals surface area contributed by atoms with Gasteiger partial charge in [0.25, 0.3) is 0 Å². The second-order valence-corrected chi connectivity index (χ2v) is 7.14. The first-order valence-corrected chi connectivity index (χ1v) is 9.29. The molecule has 2 aromatic heterocycles. The number of nitrogens with one attached hydrogen (secondary N) is 1. The van der Waals surface area contributed by atoms with Crippen LogP contribution in [0.1, 0.15) is 25.6 Å². The van der Waals surface area contributed by atoms with Crippen molar-refractivity contribution in [2.75, 3.05) is 5.32 Å². The Morgan fingerprint density at radius 1 is 1.25 bits per heavy atom. The standard InChI is InChI=1S/C14H16FN7S2/c1-2-3-8-22-12(17-20-21-22)9-23-14-19-18-13(24-14)16-11-7-5-4-6-10(11)15/h4-7H,2-3,8-9H2,1H3,(H,16,18). The smallest absolute Gasteiger partial charge is 0.210 e. The van der Waals surface area contributed by atoms with E-state index in [2.05, 4.69) is 38.0 Å². The molecule has 3 aromatic rings. The Kier molecular flexibility index (Phi) is 5.70. The van der Waals surface area contributed by atoms with Crippen molar-refractivity contribution in [1.82, 2.24) is 30.4 Å². The third-order valence-electron chi connectivity index (χ3n) is 3.18. The predicted molar refractivity (Wildman–Crippen MR) is 91.9 cm³/mol. The molecule has 0 aliphatic carbocycles. The van der Waals surface area contributed by atoms with Crippen LogP contribution < -0.4 is 5.32 Å². The van der Waals surface area contributed by atoms with Gasteiger partial charge in [0.1, 0.15) is 5.82 Å². The number of benzene rings is 1. The molecule has 0 atom stereocenters. The van der Waals surface area contributed by atoms with Gasteiger partial charge in [0.05, 0.1) is 11.4 Å². The van der Waals surface area contributed by atoms with E-state index in [1.54, 1.807) is 18.2 Å². The molecule has 0 fully saturated rings. The fourth-order valence-electron chi connectivity index (χ4n) is 1.93. The quantitative estimate of drug-likeness (QED) is 0.612. The van der Waals surface area contributed by atoms with Crippen molar-refractivity contribution in [3.63, 3.8) is 0 Å². The molecule has 0 aliphatic rings. The zero-order valence-corrected chi connectivity index (χ0v) is 14.6. The fraction of sp³-hybridized carbons (Fsp3) is 0.357. The van der Waals surface area contributed by atoms with Crippen molar-refractivity contribution in [2.45, 2.75) is 36.4 Å². The molecule has 0 saturated heterocycles. The maximum atomic E-state index is 13.6. The Bertz CT molecular complexity index is 789. The van der Waals surface area contributed by atoms with Gasteiger partial charge in [0.2, 0.25) is 5.13 Å². The number of anilines is 2. The number of para-hydroxylation sites is 1. The number of tetrazole rings is 1. The molecule has 1 N–H and O–H groups in total. The second-order valence-electron chi connectivity index (χ2n) is 4.94. The van der Waals surface area contributed by atoms with Gasteiger partial charge in [-0.05, 0) is 29.0 Å². The maximum absolute atomic E-state index is 13.6. The summed E-state index contributed by atoms with van der Waals surface area (Å²) >= 11 is 2.88. The molecular formula is C14H16FN7S2. The van der Waals surface area contributed by atoms with Gasteiger partial charge in [0.15, 0.2) is 10.2 Å². The van der Waals surface area contributed by atoms with Crippen LogP contribution in [0.2, 0.25) is 0 Å². The van der Waals surface area contributed by atoms with E-state index in [0.29, 0.717) is 16.6 Å². The number of aromatic nitrogens is 6. The van der Waals surface area contributed by atoms with Crippen LogP contribution in [0.25, 0.3) is 0 Å². The second kappa shape index (κ2) is 8.15. The number of unbranched alkanes of at least 4 members (excludes halogenated alkanes) is 1. The van der Waals surface area contributed by atoms with Crippen molar-refractivity contribution in [3.8, 4) is 0 Å². The third kappa shape index (κ3) is 4.26. The Hall–Kier alpha value is -2.07. The molecule has 7 nitrogen and oxygen atoms in total. The van der Waals surface area contributed by atoms with E-state index in [1.807, 2.05) is 4.68 Å². The van der Waals surface area contributed by atoms with Gasteiger partial charge in [0, 0.05) is 6.54 Å². The first-order chi connectivity index (χ1) is 11.8. The maximum Gasteiger partial charge on any atom is 0.210 e. The van der Waals surface area contributed by atoms with Crippen molar-refractivity contribution in [3.05, 3.63) is 35.9 Å². The highest BCUT2D eigenvalue weighted by Gasteiger charge is 2.11. The lowest BCUT2D eigenvalue weighted by molar-refractivity contribution is 0.540. The minimum atomic E-state index is -0.322. The van der Waals surface area contributed by atoms with Gasteiger partial charge < -0.3 is 5.32 Å². The predicted octanol–water partition coefficient (Wildman–Crippen LogP) is 3.50. The summed E-state index contributed by atoms with van der Waals surface area (Å²) in [5.74, 6) is 1.11. The first kappa shape index (κ1) is 16.8. The average molecular weight is 365 g/mol. The summed E-state index contributed by atoms with van der Waals surface area (Å²) in [4.78, 5) is 0. The molecule has 0 amide bonds. The van der Waals surface area contributed by atoms with Crippen molar-refractivity contribution >= 4 is 33.9 Å². The molecule has 3 rings (SSSR count). The first-order valence-electron chi connectivity index (χ1n) is 7.49. The lowest BCUT2D eigenvalue weighted by atomic mass is 10.3. The Balaban J connectivity index is 1.59.